The maximum atomic E-state index is 12.5. The third-order valence-electron chi connectivity index (χ3n) is 2.71. The molecule has 1 aromatic rings. The van der Waals surface area contributed by atoms with Crippen LogP contribution >= 0.6 is 11.6 Å². The van der Waals surface area contributed by atoms with Gasteiger partial charge in [0.15, 0.2) is 0 Å². The second-order valence-corrected chi connectivity index (χ2v) is 4.71. The molecule has 0 aliphatic rings. The van der Waals surface area contributed by atoms with Crippen LogP contribution in [0.5, 0.6) is 0 Å². The number of unbranched alkanes of at least 4 members (excludes halogenated alkanes) is 2. The highest BCUT2D eigenvalue weighted by molar-refractivity contribution is 6.33. The first-order valence-corrected chi connectivity index (χ1v) is 6.38. The van der Waals surface area contributed by atoms with Gasteiger partial charge in [-0.05, 0) is 25.5 Å². The van der Waals surface area contributed by atoms with Crippen molar-refractivity contribution in [3.63, 3.8) is 0 Å². The lowest BCUT2D eigenvalue weighted by atomic mass is 10.2. The molecule has 1 rings (SSSR count). The smallest absolute Gasteiger partial charge is 0.358 e. The summed E-state index contributed by atoms with van der Waals surface area (Å²) in [4.78, 5) is 5.54. The predicted molar refractivity (Wildman–Crippen MR) is 70.4 cm³/mol. The van der Waals surface area contributed by atoms with Gasteiger partial charge in [-0.1, -0.05) is 18.0 Å². The van der Waals surface area contributed by atoms with Crippen LogP contribution in [0.1, 0.15) is 24.8 Å². The van der Waals surface area contributed by atoms with Gasteiger partial charge in [-0.25, -0.2) is 4.98 Å². The number of nitrogens with zero attached hydrogens (tertiary/aromatic N) is 2. The van der Waals surface area contributed by atoms with Gasteiger partial charge < -0.3 is 10.6 Å². The van der Waals surface area contributed by atoms with Crippen LogP contribution in [-0.2, 0) is 6.18 Å². The molecule has 19 heavy (non-hydrogen) atoms. The van der Waals surface area contributed by atoms with Gasteiger partial charge in [0, 0.05) is 19.8 Å². The minimum absolute atomic E-state index is 0.0103. The molecule has 108 valence electrons. The van der Waals surface area contributed by atoms with E-state index in [1.807, 2.05) is 0 Å². The zero-order valence-corrected chi connectivity index (χ0v) is 11.4. The molecule has 0 fully saturated rings. The van der Waals surface area contributed by atoms with Gasteiger partial charge in [-0.3, -0.25) is 0 Å². The molecule has 3 nitrogen and oxygen atoms in total. The van der Waals surface area contributed by atoms with E-state index in [0.29, 0.717) is 18.9 Å². The van der Waals surface area contributed by atoms with Crippen LogP contribution in [0.3, 0.4) is 0 Å². The maximum absolute atomic E-state index is 12.5. The van der Waals surface area contributed by atoms with Gasteiger partial charge in [-0.2, -0.15) is 13.2 Å². The number of halogens is 4. The predicted octanol–water partition coefficient (Wildman–Crippen LogP) is 3.32. The number of hydrogen-bond donors (Lipinski definition) is 1. The molecule has 0 amide bonds. The molecule has 0 unspecified atom stereocenters. The minimum atomic E-state index is -4.42. The molecule has 0 radical (unpaired) electrons. The summed E-state index contributed by atoms with van der Waals surface area (Å²) in [5.41, 5.74) is 4.55. The van der Waals surface area contributed by atoms with E-state index < -0.39 is 11.7 Å². The molecular weight excluding hydrogens is 279 g/mol. The van der Waals surface area contributed by atoms with Crippen molar-refractivity contribution >= 4 is 17.4 Å². The Morgan fingerprint density at radius 3 is 2.53 bits per heavy atom. The Hall–Kier alpha value is -1.01. The largest absolute Gasteiger partial charge is 0.417 e. The van der Waals surface area contributed by atoms with Crippen molar-refractivity contribution in [3.05, 3.63) is 22.8 Å². The minimum Gasteiger partial charge on any atom is -0.358 e. The number of anilines is 1. The molecule has 0 aromatic carbocycles. The van der Waals surface area contributed by atoms with Crippen molar-refractivity contribution in [1.82, 2.24) is 4.98 Å². The van der Waals surface area contributed by atoms with E-state index >= 15 is 0 Å². The Morgan fingerprint density at radius 2 is 2.00 bits per heavy atom. The molecule has 0 aliphatic heterocycles. The monoisotopic (exact) mass is 295 g/mol. The molecule has 0 saturated heterocycles. The fraction of sp³-hybridized carbons (Fsp3) is 0.583. The number of alkyl halides is 3. The van der Waals surface area contributed by atoms with Crippen molar-refractivity contribution in [2.45, 2.75) is 25.4 Å². The van der Waals surface area contributed by atoms with E-state index in [1.165, 1.54) is 0 Å². The van der Waals surface area contributed by atoms with Crippen LogP contribution in [0.25, 0.3) is 0 Å². The summed E-state index contributed by atoms with van der Waals surface area (Å²) < 4.78 is 37.4. The van der Waals surface area contributed by atoms with E-state index in [4.69, 9.17) is 17.3 Å². The molecule has 0 bridgehead atoms. The first-order valence-electron chi connectivity index (χ1n) is 6.00. The van der Waals surface area contributed by atoms with E-state index in [1.54, 1.807) is 11.9 Å². The summed E-state index contributed by atoms with van der Waals surface area (Å²) in [6.45, 7) is 1.32. The average molecular weight is 296 g/mol. The van der Waals surface area contributed by atoms with Gasteiger partial charge in [0.2, 0.25) is 0 Å². The van der Waals surface area contributed by atoms with Crippen LogP contribution in [0.2, 0.25) is 5.02 Å². The Bertz CT molecular complexity index is 410. The van der Waals surface area contributed by atoms with Gasteiger partial charge in [0.25, 0.3) is 0 Å². The van der Waals surface area contributed by atoms with Crippen LogP contribution in [0.4, 0.5) is 19.0 Å². The SMILES string of the molecule is CN(CCCCCN)c1ncc(C(F)(F)F)cc1Cl. The Kier molecular flexibility index (Phi) is 5.87. The molecule has 2 N–H and O–H groups in total. The Morgan fingerprint density at radius 1 is 1.32 bits per heavy atom. The molecule has 0 atom stereocenters. The average Bonchev–Trinajstić information content (AvgIpc) is 2.33. The van der Waals surface area contributed by atoms with Crippen molar-refractivity contribution in [2.75, 3.05) is 25.0 Å². The maximum Gasteiger partial charge on any atom is 0.417 e. The summed E-state index contributed by atoms with van der Waals surface area (Å²) in [5.74, 6) is 0.363. The number of hydrogen-bond acceptors (Lipinski definition) is 3. The third kappa shape index (κ3) is 4.87. The molecule has 0 aliphatic carbocycles. The molecule has 0 spiro atoms. The fourth-order valence-corrected chi connectivity index (χ4v) is 1.95. The Labute approximate surface area is 115 Å². The van der Waals surface area contributed by atoms with Crippen LogP contribution in [-0.4, -0.2) is 25.1 Å². The zero-order valence-electron chi connectivity index (χ0n) is 10.7. The fourth-order valence-electron chi connectivity index (χ4n) is 1.64. The highest BCUT2D eigenvalue weighted by Crippen LogP contribution is 2.33. The van der Waals surface area contributed by atoms with E-state index in [9.17, 15) is 13.2 Å². The molecular formula is C12H17ClF3N3. The van der Waals surface area contributed by atoms with Crippen molar-refractivity contribution in [1.29, 1.82) is 0 Å². The zero-order chi connectivity index (χ0) is 14.5. The lowest BCUT2D eigenvalue weighted by Gasteiger charge is -2.20. The van der Waals surface area contributed by atoms with E-state index in [-0.39, 0.29) is 5.02 Å². The molecule has 0 saturated carbocycles. The second kappa shape index (κ2) is 6.96. The van der Waals surface area contributed by atoms with Crippen molar-refractivity contribution in [2.24, 2.45) is 5.73 Å². The standard InChI is InChI=1S/C12H17ClF3N3/c1-19(6-4-2-3-5-17)11-10(13)7-9(8-18-11)12(14,15)16/h7-8H,2-6,17H2,1H3. The summed E-state index contributed by atoms with van der Waals surface area (Å²) in [7, 11) is 1.75. The van der Waals surface area contributed by atoms with Gasteiger partial charge in [0.05, 0.1) is 10.6 Å². The summed E-state index contributed by atoms with van der Waals surface area (Å²) >= 11 is 5.85. The first-order chi connectivity index (χ1) is 8.86. The number of aromatic nitrogens is 1. The molecule has 7 heteroatoms. The van der Waals surface area contributed by atoms with E-state index in [0.717, 1.165) is 31.5 Å². The first kappa shape index (κ1) is 16.0. The highest BCUT2D eigenvalue weighted by atomic mass is 35.5. The third-order valence-corrected chi connectivity index (χ3v) is 2.99. The number of pyridine rings is 1. The topological polar surface area (TPSA) is 42.1 Å². The summed E-state index contributed by atoms with van der Waals surface area (Å²) in [5, 5.41) is 0.0103. The van der Waals surface area contributed by atoms with E-state index in [2.05, 4.69) is 4.98 Å². The van der Waals surface area contributed by atoms with Crippen molar-refractivity contribution < 1.29 is 13.2 Å². The van der Waals surface area contributed by atoms with Crippen LogP contribution in [0, 0.1) is 0 Å². The van der Waals surface area contributed by atoms with Crippen LogP contribution in [0.15, 0.2) is 12.3 Å². The summed E-state index contributed by atoms with van der Waals surface area (Å²) in [6.07, 6.45) is -0.819. The normalized spacial score (nSPS) is 11.7. The lowest BCUT2D eigenvalue weighted by Crippen LogP contribution is -2.21. The van der Waals surface area contributed by atoms with Crippen molar-refractivity contribution in [3.8, 4) is 0 Å². The van der Waals surface area contributed by atoms with Gasteiger partial charge >= 0.3 is 6.18 Å². The second-order valence-electron chi connectivity index (χ2n) is 4.30. The molecule has 1 heterocycles. The quantitative estimate of drug-likeness (QED) is 0.819. The van der Waals surface area contributed by atoms with Gasteiger partial charge in [-0.15, -0.1) is 0 Å². The number of nitrogens with two attached hydrogens (primary N) is 1. The van der Waals surface area contributed by atoms with Gasteiger partial charge in [0.1, 0.15) is 5.82 Å². The number of rotatable bonds is 6. The lowest BCUT2D eigenvalue weighted by molar-refractivity contribution is -0.137. The Balaban J connectivity index is 2.68. The summed E-state index contributed by atoms with van der Waals surface area (Å²) in [6, 6.07) is 0.903. The molecule has 1 aromatic heterocycles. The highest BCUT2D eigenvalue weighted by Gasteiger charge is 2.31. The van der Waals surface area contributed by atoms with Crippen LogP contribution < -0.4 is 10.6 Å².